The van der Waals surface area contributed by atoms with Crippen LogP contribution in [-0.2, 0) is 4.79 Å². The van der Waals surface area contributed by atoms with Crippen molar-refractivity contribution in [2.45, 2.75) is 12.8 Å². The molecule has 0 unspecified atom stereocenters. The Morgan fingerprint density at radius 1 is 1.23 bits per heavy atom. The number of benzene rings is 1. The molecular formula is C20H18ClN7OS. The van der Waals surface area contributed by atoms with E-state index in [0.717, 1.165) is 35.4 Å². The van der Waals surface area contributed by atoms with E-state index in [-0.39, 0.29) is 11.8 Å². The van der Waals surface area contributed by atoms with Crippen molar-refractivity contribution in [3.05, 3.63) is 54.1 Å². The number of aromatic nitrogens is 5. The lowest BCUT2D eigenvalue weighted by Crippen LogP contribution is -2.41. The summed E-state index contributed by atoms with van der Waals surface area (Å²) in [5.74, 6) is 1.33. The topological polar surface area (TPSA) is 88.8 Å². The summed E-state index contributed by atoms with van der Waals surface area (Å²) >= 11 is 7.47. The molecule has 0 saturated carbocycles. The quantitative estimate of drug-likeness (QED) is 0.520. The predicted molar refractivity (Wildman–Crippen MR) is 117 cm³/mol. The Bertz CT molecular complexity index is 1190. The lowest BCUT2D eigenvalue weighted by Gasteiger charge is -2.32. The van der Waals surface area contributed by atoms with Crippen molar-refractivity contribution >= 4 is 50.0 Å². The molecule has 30 heavy (non-hydrogen) atoms. The van der Waals surface area contributed by atoms with Gasteiger partial charge in [-0.05, 0) is 37.1 Å². The van der Waals surface area contributed by atoms with E-state index in [2.05, 4.69) is 30.3 Å². The summed E-state index contributed by atoms with van der Waals surface area (Å²) in [5.41, 5.74) is 0.831. The van der Waals surface area contributed by atoms with E-state index < -0.39 is 0 Å². The maximum Gasteiger partial charge on any atom is 0.231 e. The number of anilines is 2. The maximum atomic E-state index is 12.9. The van der Waals surface area contributed by atoms with Crippen molar-refractivity contribution in [1.82, 2.24) is 24.7 Å². The van der Waals surface area contributed by atoms with Gasteiger partial charge in [0.15, 0.2) is 10.9 Å². The van der Waals surface area contributed by atoms with Crippen LogP contribution in [0.25, 0.3) is 16.0 Å². The number of piperidine rings is 1. The number of nitrogens with one attached hydrogen (secondary N) is 1. The predicted octanol–water partition coefficient (Wildman–Crippen LogP) is 3.78. The van der Waals surface area contributed by atoms with Crippen LogP contribution in [0.1, 0.15) is 12.8 Å². The summed E-state index contributed by atoms with van der Waals surface area (Å²) in [7, 11) is 0. The van der Waals surface area contributed by atoms with Gasteiger partial charge in [0.25, 0.3) is 0 Å². The number of carbonyl (C=O) groups is 1. The first-order valence-corrected chi connectivity index (χ1v) is 10.8. The van der Waals surface area contributed by atoms with E-state index in [9.17, 15) is 4.79 Å². The van der Waals surface area contributed by atoms with Crippen LogP contribution in [0.3, 0.4) is 0 Å². The second-order valence-corrected chi connectivity index (χ2v) is 8.56. The summed E-state index contributed by atoms with van der Waals surface area (Å²) in [5, 5.41) is 8.45. The number of thiazole rings is 1. The average Bonchev–Trinajstić information content (AvgIpc) is 3.43. The Kier molecular flexibility index (Phi) is 5.06. The molecule has 5 rings (SSSR count). The minimum atomic E-state index is -0.141. The van der Waals surface area contributed by atoms with Crippen LogP contribution in [0.15, 0.2) is 49.1 Å². The number of fused-ring (bicyclic) bond motifs is 1. The molecule has 10 heteroatoms. The van der Waals surface area contributed by atoms with Crippen LogP contribution < -0.4 is 10.2 Å². The van der Waals surface area contributed by atoms with Crippen molar-refractivity contribution in [2.75, 3.05) is 23.3 Å². The highest BCUT2D eigenvalue weighted by Crippen LogP contribution is 2.29. The molecule has 1 amide bonds. The lowest BCUT2D eigenvalue weighted by molar-refractivity contribution is -0.120. The molecule has 4 aromatic rings. The SMILES string of the molecule is O=C(Nc1nc2ccc(Cl)cc2s1)[C@@H]1CCCN(c2cc(-n3cccn3)ncn2)C1. The molecule has 152 valence electrons. The molecule has 1 saturated heterocycles. The Hall–Kier alpha value is -3.04. The summed E-state index contributed by atoms with van der Waals surface area (Å²) in [6, 6.07) is 9.26. The lowest BCUT2D eigenvalue weighted by atomic mass is 9.97. The minimum absolute atomic E-state index is 0.0220. The number of hydrogen-bond acceptors (Lipinski definition) is 7. The van der Waals surface area contributed by atoms with Gasteiger partial charge in [0.2, 0.25) is 5.91 Å². The van der Waals surface area contributed by atoms with Gasteiger partial charge in [-0.2, -0.15) is 5.10 Å². The van der Waals surface area contributed by atoms with Crippen molar-refractivity contribution in [3.63, 3.8) is 0 Å². The van der Waals surface area contributed by atoms with E-state index in [1.807, 2.05) is 30.5 Å². The largest absolute Gasteiger partial charge is 0.356 e. The van der Waals surface area contributed by atoms with Gasteiger partial charge in [0, 0.05) is 36.6 Å². The zero-order valence-corrected chi connectivity index (χ0v) is 17.5. The van der Waals surface area contributed by atoms with E-state index >= 15 is 0 Å². The molecular weight excluding hydrogens is 422 g/mol. The monoisotopic (exact) mass is 439 g/mol. The van der Waals surface area contributed by atoms with E-state index in [1.165, 1.54) is 17.7 Å². The van der Waals surface area contributed by atoms with Gasteiger partial charge in [0.05, 0.1) is 16.1 Å². The summed E-state index contributed by atoms with van der Waals surface area (Å²) in [6.45, 7) is 1.44. The number of carbonyl (C=O) groups excluding carboxylic acids is 1. The fraction of sp³-hybridized carbons (Fsp3) is 0.250. The number of amides is 1. The van der Waals surface area contributed by atoms with Gasteiger partial charge in [-0.25, -0.2) is 19.6 Å². The molecule has 4 heterocycles. The molecule has 1 fully saturated rings. The summed E-state index contributed by atoms with van der Waals surface area (Å²) < 4.78 is 2.65. The van der Waals surface area contributed by atoms with Gasteiger partial charge in [-0.15, -0.1) is 0 Å². The molecule has 0 radical (unpaired) electrons. The number of halogens is 1. The molecule has 1 aliphatic rings. The van der Waals surface area contributed by atoms with Crippen molar-refractivity contribution in [1.29, 1.82) is 0 Å². The fourth-order valence-electron chi connectivity index (χ4n) is 3.60. The van der Waals surface area contributed by atoms with Crippen LogP contribution in [0.4, 0.5) is 10.9 Å². The molecule has 1 atom stereocenters. The molecule has 0 aliphatic carbocycles. The van der Waals surface area contributed by atoms with E-state index in [1.54, 1.807) is 16.9 Å². The number of nitrogens with zero attached hydrogens (tertiary/aromatic N) is 6. The van der Waals surface area contributed by atoms with Crippen LogP contribution in [0.5, 0.6) is 0 Å². The first kappa shape index (κ1) is 19.0. The molecule has 0 spiro atoms. The average molecular weight is 440 g/mol. The summed E-state index contributed by atoms with van der Waals surface area (Å²) in [6.07, 6.45) is 6.82. The smallest absolute Gasteiger partial charge is 0.231 e. The highest BCUT2D eigenvalue weighted by Gasteiger charge is 2.27. The van der Waals surface area contributed by atoms with Crippen molar-refractivity contribution in [2.24, 2.45) is 5.92 Å². The summed E-state index contributed by atoms with van der Waals surface area (Å²) in [4.78, 5) is 28.2. The Balaban J connectivity index is 1.30. The van der Waals surface area contributed by atoms with Crippen molar-refractivity contribution in [3.8, 4) is 5.82 Å². The van der Waals surface area contributed by atoms with Gasteiger partial charge in [-0.1, -0.05) is 22.9 Å². The van der Waals surface area contributed by atoms with E-state index in [4.69, 9.17) is 11.6 Å². The number of hydrogen-bond donors (Lipinski definition) is 1. The molecule has 8 nitrogen and oxygen atoms in total. The second-order valence-electron chi connectivity index (χ2n) is 7.09. The zero-order valence-electron chi connectivity index (χ0n) is 15.9. The van der Waals surface area contributed by atoms with Gasteiger partial charge < -0.3 is 10.2 Å². The van der Waals surface area contributed by atoms with Crippen molar-refractivity contribution < 1.29 is 4.79 Å². The molecule has 1 aliphatic heterocycles. The highest BCUT2D eigenvalue weighted by atomic mass is 35.5. The number of rotatable bonds is 4. The third-order valence-electron chi connectivity index (χ3n) is 5.07. The second kappa shape index (κ2) is 8.00. The minimum Gasteiger partial charge on any atom is -0.356 e. The normalized spacial score (nSPS) is 16.7. The third-order valence-corrected chi connectivity index (χ3v) is 6.24. The van der Waals surface area contributed by atoms with E-state index in [0.29, 0.717) is 22.5 Å². The first-order chi connectivity index (χ1) is 14.7. The van der Waals surface area contributed by atoms with Gasteiger partial charge in [0.1, 0.15) is 12.1 Å². The Labute approximate surface area is 181 Å². The molecule has 3 aromatic heterocycles. The van der Waals surface area contributed by atoms with Gasteiger partial charge >= 0.3 is 0 Å². The van der Waals surface area contributed by atoms with Crippen LogP contribution in [0.2, 0.25) is 5.02 Å². The molecule has 1 aromatic carbocycles. The van der Waals surface area contributed by atoms with Gasteiger partial charge in [-0.3, -0.25) is 4.79 Å². The van der Waals surface area contributed by atoms with Crippen LogP contribution >= 0.6 is 22.9 Å². The first-order valence-electron chi connectivity index (χ1n) is 9.60. The standard InChI is InChI=1S/C20H18ClN7OS/c21-14-4-5-15-16(9-14)30-20(25-15)26-19(29)13-3-1-7-27(11-13)17-10-18(23-12-22-17)28-8-2-6-24-28/h2,4-6,8-10,12-13H,1,3,7,11H2,(H,25,26,29)/t13-/m1/s1. The molecule has 0 bridgehead atoms. The maximum absolute atomic E-state index is 12.9. The fourth-order valence-corrected chi connectivity index (χ4v) is 4.74. The van der Waals surface area contributed by atoms with Crippen LogP contribution in [0, 0.1) is 5.92 Å². The molecule has 1 N–H and O–H groups in total. The van der Waals surface area contributed by atoms with Crippen LogP contribution in [-0.4, -0.2) is 43.7 Å². The third kappa shape index (κ3) is 3.86. The highest BCUT2D eigenvalue weighted by molar-refractivity contribution is 7.22. The Morgan fingerprint density at radius 2 is 2.13 bits per heavy atom. The Morgan fingerprint density at radius 3 is 3.00 bits per heavy atom. The zero-order chi connectivity index (χ0) is 20.5.